The number of nitrogens with one attached hydrogen (secondary N) is 1. The number of halogens is 1. The zero-order chi connectivity index (χ0) is 18.7. The SMILES string of the molecule is CCCNC(=O)c1ncc2c(-c3cccnc3C#N)c(F)ccc2c1N. The van der Waals surface area contributed by atoms with Crippen LogP contribution in [0.5, 0.6) is 0 Å². The molecule has 6 nitrogen and oxygen atoms in total. The van der Waals surface area contributed by atoms with Crippen LogP contribution in [0.2, 0.25) is 0 Å². The fourth-order valence-corrected chi connectivity index (χ4v) is 2.76. The molecule has 0 atom stereocenters. The summed E-state index contributed by atoms with van der Waals surface area (Å²) in [6, 6.07) is 7.96. The summed E-state index contributed by atoms with van der Waals surface area (Å²) in [6.07, 6.45) is 3.65. The molecule has 3 N–H and O–H groups in total. The van der Waals surface area contributed by atoms with Crippen LogP contribution in [-0.4, -0.2) is 22.4 Å². The van der Waals surface area contributed by atoms with Crippen molar-refractivity contribution in [2.24, 2.45) is 0 Å². The van der Waals surface area contributed by atoms with Gasteiger partial charge in [0, 0.05) is 40.8 Å². The first-order valence-corrected chi connectivity index (χ1v) is 8.08. The number of fused-ring (bicyclic) bond motifs is 1. The maximum absolute atomic E-state index is 14.6. The average molecular weight is 349 g/mol. The van der Waals surface area contributed by atoms with Crippen LogP contribution in [0.1, 0.15) is 29.5 Å². The summed E-state index contributed by atoms with van der Waals surface area (Å²) >= 11 is 0. The Hall–Kier alpha value is -3.53. The highest BCUT2D eigenvalue weighted by molar-refractivity contribution is 6.09. The van der Waals surface area contributed by atoms with Gasteiger partial charge in [-0.25, -0.2) is 14.4 Å². The van der Waals surface area contributed by atoms with Crippen LogP contribution in [0.3, 0.4) is 0 Å². The highest BCUT2D eigenvalue weighted by Gasteiger charge is 2.19. The Kier molecular flexibility index (Phi) is 4.76. The van der Waals surface area contributed by atoms with Crippen LogP contribution in [-0.2, 0) is 0 Å². The number of nitriles is 1. The maximum atomic E-state index is 14.6. The Morgan fingerprint density at radius 3 is 2.85 bits per heavy atom. The molecule has 0 radical (unpaired) electrons. The van der Waals surface area contributed by atoms with Crippen molar-refractivity contribution < 1.29 is 9.18 Å². The van der Waals surface area contributed by atoms with Crippen molar-refractivity contribution in [2.45, 2.75) is 13.3 Å². The van der Waals surface area contributed by atoms with E-state index in [2.05, 4.69) is 15.3 Å². The molecule has 0 bridgehead atoms. The maximum Gasteiger partial charge on any atom is 0.272 e. The summed E-state index contributed by atoms with van der Waals surface area (Å²) in [6.45, 7) is 2.45. The first kappa shape index (κ1) is 17.3. The van der Waals surface area contributed by atoms with E-state index >= 15 is 0 Å². The van der Waals surface area contributed by atoms with Gasteiger partial charge in [-0.15, -0.1) is 0 Å². The Labute approximate surface area is 149 Å². The van der Waals surface area contributed by atoms with Crippen LogP contribution in [0.25, 0.3) is 21.9 Å². The van der Waals surface area contributed by atoms with E-state index in [0.717, 1.165) is 6.42 Å². The molecule has 3 aromatic rings. The zero-order valence-electron chi connectivity index (χ0n) is 14.1. The van der Waals surface area contributed by atoms with Gasteiger partial charge in [-0.1, -0.05) is 6.92 Å². The molecule has 2 aromatic heterocycles. The van der Waals surface area contributed by atoms with Gasteiger partial charge in [-0.05, 0) is 30.7 Å². The molecule has 0 aliphatic heterocycles. The van der Waals surface area contributed by atoms with E-state index in [1.807, 2.05) is 13.0 Å². The predicted octanol–water partition coefficient (Wildman–Crippen LogP) is 3.03. The standard InChI is InChI=1S/C19H16FN5O/c1-2-7-24-19(26)18-17(22)11-5-6-14(20)16(13(11)10-25-18)12-4-3-8-23-15(12)9-21/h3-6,8,10H,2,7,22H2,1H3,(H,24,26). The van der Waals surface area contributed by atoms with Gasteiger partial charge in [0.05, 0.1) is 5.69 Å². The zero-order valence-corrected chi connectivity index (χ0v) is 14.1. The van der Waals surface area contributed by atoms with Crippen molar-refractivity contribution in [2.75, 3.05) is 12.3 Å². The van der Waals surface area contributed by atoms with Gasteiger partial charge < -0.3 is 11.1 Å². The highest BCUT2D eigenvalue weighted by Crippen LogP contribution is 2.35. The Morgan fingerprint density at radius 2 is 2.12 bits per heavy atom. The quantitative estimate of drug-likeness (QED) is 0.753. The lowest BCUT2D eigenvalue weighted by atomic mass is 9.96. The summed E-state index contributed by atoms with van der Waals surface area (Å²) in [5.74, 6) is -0.900. The Bertz CT molecular complexity index is 1040. The number of pyridine rings is 2. The third kappa shape index (κ3) is 2.93. The minimum Gasteiger partial charge on any atom is -0.396 e. The second kappa shape index (κ2) is 7.15. The number of hydrogen-bond acceptors (Lipinski definition) is 5. The van der Waals surface area contributed by atoms with E-state index in [-0.39, 0.29) is 28.5 Å². The second-order valence-corrected chi connectivity index (χ2v) is 5.67. The van der Waals surface area contributed by atoms with E-state index in [0.29, 0.717) is 22.9 Å². The van der Waals surface area contributed by atoms with Crippen LogP contribution in [0.4, 0.5) is 10.1 Å². The molecule has 1 aromatic carbocycles. The van der Waals surface area contributed by atoms with Crippen molar-refractivity contribution in [3.63, 3.8) is 0 Å². The predicted molar refractivity (Wildman–Crippen MR) is 96.7 cm³/mol. The lowest BCUT2D eigenvalue weighted by Crippen LogP contribution is -2.26. The summed E-state index contributed by atoms with van der Waals surface area (Å²) in [5, 5.41) is 12.9. The van der Waals surface area contributed by atoms with Gasteiger partial charge in [0.2, 0.25) is 0 Å². The van der Waals surface area contributed by atoms with Crippen molar-refractivity contribution in [3.8, 4) is 17.2 Å². The van der Waals surface area contributed by atoms with Crippen molar-refractivity contribution in [3.05, 3.63) is 53.9 Å². The van der Waals surface area contributed by atoms with E-state index < -0.39 is 5.82 Å². The van der Waals surface area contributed by atoms with Crippen molar-refractivity contribution >= 4 is 22.4 Å². The molecule has 0 aliphatic carbocycles. The van der Waals surface area contributed by atoms with Gasteiger partial charge in [0.15, 0.2) is 5.69 Å². The van der Waals surface area contributed by atoms with Crippen LogP contribution < -0.4 is 11.1 Å². The minimum atomic E-state index is -0.522. The molecular weight excluding hydrogens is 333 g/mol. The molecule has 3 rings (SSSR count). The summed E-state index contributed by atoms with van der Waals surface area (Å²) < 4.78 is 14.6. The number of hydrogen-bond donors (Lipinski definition) is 2. The molecule has 0 aliphatic rings. The first-order valence-electron chi connectivity index (χ1n) is 8.08. The molecule has 1 amide bonds. The summed E-state index contributed by atoms with van der Waals surface area (Å²) in [5.41, 5.74) is 7.03. The number of nitrogens with two attached hydrogens (primary N) is 1. The molecule has 26 heavy (non-hydrogen) atoms. The van der Waals surface area contributed by atoms with Gasteiger partial charge in [-0.2, -0.15) is 5.26 Å². The van der Waals surface area contributed by atoms with Gasteiger partial charge in [0.25, 0.3) is 5.91 Å². The molecule has 130 valence electrons. The second-order valence-electron chi connectivity index (χ2n) is 5.67. The summed E-state index contributed by atoms with van der Waals surface area (Å²) in [7, 11) is 0. The molecule has 7 heteroatoms. The normalized spacial score (nSPS) is 10.5. The number of carbonyl (C=O) groups is 1. The van der Waals surface area contributed by atoms with E-state index in [4.69, 9.17) is 5.73 Å². The minimum absolute atomic E-state index is 0.0928. The molecule has 0 saturated carbocycles. The van der Waals surface area contributed by atoms with Crippen LogP contribution in [0, 0.1) is 17.1 Å². The van der Waals surface area contributed by atoms with Crippen LogP contribution in [0.15, 0.2) is 36.7 Å². The van der Waals surface area contributed by atoms with Crippen molar-refractivity contribution in [1.29, 1.82) is 5.26 Å². The lowest BCUT2D eigenvalue weighted by Gasteiger charge is -2.13. The molecule has 0 fully saturated rings. The largest absolute Gasteiger partial charge is 0.396 e. The molecule has 0 unspecified atom stereocenters. The number of nitrogens with zero attached hydrogens (tertiary/aromatic N) is 3. The van der Waals surface area contributed by atoms with E-state index in [1.54, 1.807) is 12.1 Å². The fourth-order valence-electron chi connectivity index (χ4n) is 2.76. The van der Waals surface area contributed by atoms with E-state index in [1.165, 1.54) is 24.5 Å². The Balaban J connectivity index is 2.24. The monoisotopic (exact) mass is 349 g/mol. The average Bonchev–Trinajstić information content (AvgIpc) is 2.66. The number of carbonyl (C=O) groups excluding carboxylic acids is 1. The number of nitrogen functional groups attached to an aromatic ring is 1. The number of amides is 1. The van der Waals surface area contributed by atoms with Gasteiger partial charge in [0.1, 0.15) is 17.6 Å². The fraction of sp³-hybridized carbons (Fsp3) is 0.158. The first-order chi connectivity index (χ1) is 12.6. The molecule has 2 heterocycles. The number of rotatable bonds is 4. The number of benzene rings is 1. The summed E-state index contributed by atoms with van der Waals surface area (Å²) in [4.78, 5) is 20.3. The third-order valence-electron chi connectivity index (χ3n) is 4.00. The topological polar surface area (TPSA) is 105 Å². The van der Waals surface area contributed by atoms with Gasteiger partial charge >= 0.3 is 0 Å². The third-order valence-corrected chi connectivity index (χ3v) is 4.00. The highest BCUT2D eigenvalue weighted by atomic mass is 19.1. The van der Waals surface area contributed by atoms with Gasteiger partial charge in [-0.3, -0.25) is 4.79 Å². The smallest absolute Gasteiger partial charge is 0.272 e. The number of anilines is 1. The van der Waals surface area contributed by atoms with Crippen molar-refractivity contribution in [1.82, 2.24) is 15.3 Å². The molecule has 0 spiro atoms. The Morgan fingerprint density at radius 1 is 1.31 bits per heavy atom. The molecule has 0 saturated heterocycles. The molecular formula is C19H16FN5O. The van der Waals surface area contributed by atoms with E-state index in [9.17, 15) is 14.4 Å². The number of aromatic nitrogens is 2. The lowest BCUT2D eigenvalue weighted by molar-refractivity contribution is 0.0950. The van der Waals surface area contributed by atoms with Crippen LogP contribution >= 0.6 is 0 Å².